The Morgan fingerprint density at radius 3 is 2.80 bits per heavy atom. The Morgan fingerprint density at radius 1 is 1.47 bits per heavy atom. The summed E-state index contributed by atoms with van der Waals surface area (Å²) in [5.74, 6) is 3.25. The molecule has 0 spiro atoms. The molecule has 0 bridgehead atoms. The minimum absolute atomic E-state index is 0.652. The van der Waals surface area contributed by atoms with Gasteiger partial charge in [0.15, 0.2) is 5.82 Å². The average Bonchev–Trinajstić information content (AvgIpc) is 2.77. The number of hydrogen-bond acceptors (Lipinski definition) is 3. The second kappa shape index (κ2) is 4.55. The molecule has 1 fully saturated rings. The molecule has 0 unspecified atom stereocenters. The number of nitrogens with one attached hydrogen (secondary N) is 2. The van der Waals surface area contributed by atoms with E-state index in [0.717, 1.165) is 24.1 Å². The average molecular weight is 208 g/mol. The number of imidazole rings is 1. The lowest BCUT2D eigenvalue weighted by Crippen LogP contribution is -2.08. The highest BCUT2D eigenvalue weighted by molar-refractivity contribution is 5.56. The van der Waals surface area contributed by atoms with Crippen molar-refractivity contribution >= 4 is 11.6 Å². The van der Waals surface area contributed by atoms with Crippen molar-refractivity contribution in [3.8, 4) is 0 Å². The van der Waals surface area contributed by atoms with E-state index in [0.29, 0.717) is 5.82 Å². The van der Waals surface area contributed by atoms with E-state index in [4.69, 9.17) is 5.73 Å². The van der Waals surface area contributed by atoms with Crippen LogP contribution in [0.2, 0.25) is 0 Å². The summed E-state index contributed by atoms with van der Waals surface area (Å²) in [5.41, 5.74) is 5.76. The first-order chi connectivity index (χ1) is 7.25. The SMILES string of the molecule is Cc1nc(NCCC2CCCC2)c(N)[nH]1. The summed E-state index contributed by atoms with van der Waals surface area (Å²) in [6.45, 7) is 2.90. The Hall–Kier alpha value is -1.19. The van der Waals surface area contributed by atoms with Crippen LogP contribution in [0.4, 0.5) is 11.6 Å². The van der Waals surface area contributed by atoms with Gasteiger partial charge in [0.05, 0.1) is 0 Å². The first-order valence-electron chi connectivity index (χ1n) is 5.81. The van der Waals surface area contributed by atoms with Gasteiger partial charge in [0.2, 0.25) is 0 Å². The molecule has 0 radical (unpaired) electrons. The highest BCUT2D eigenvalue weighted by atomic mass is 15.1. The molecule has 15 heavy (non-hydrogen) atoms. The number of anilines is 2. The molecule has 4 nitrogen and oxygen atoms in total. The largest absolute Gasteiger partial charge is 0.382 e. The number of aromatic amines is 1. The van der Waals surface area contributed by atoms with Gasteiger partial charge in [-0.2, -0.15) is 0 Å². The molecule has 0 atom stereocenters. The molecule has 2 rings (SSSR count). The molecule has 4 heteroatoms. The van der Waals surface area contributed by atoms with E-state index in [1.165, 1.54) is 32.1 Å². The number of hydrogen-bond donors (Lipinski definition) is 3. The maximum Gasteiger partial charge on any atom is 0.168 e. The number of aryl methyl sites for hydroxylation is 1. The van der Waals surface area contributed by atoms with Crippen LogP contribution >= 0.6 is 0 Å². The summed E-state index contributed by atoms with van der Waals surface area (Å²) in [4.78, 5) is 7.27. The van der Waals surface area contributed by atoms with Crippen molar-refractivity contribution in [2.45, 2.75) is 39.0 Å². The fourth-order valence-electron chi connectivity index (χ4n) is 2.34. The minimum Gasteiger partial charge on any atom is -0.382 e. The summed E-state index contributed by atoms with van der Waals surface area (Å²) in [5, 5.41) is 3.29. The third-order valence-electron chi connectivity index (χ3n) is 3.17. The Bertz CT molecular complexity index is 312. The molecule has 1 aromatic heterocycles. The van der Waals surface area contributed by atoms with Crippen molar-refractivity contribution < 1.29 is 0 Å². The molecule has 1 heterocycles. The number of rotatable bonds is 4. The third-order valence-corrected chi connectivity index (χ3v) is 3.17. The number of nitrogen functional groups attached to an aromatic ring is 1. The van der Waals surface area contributed by atoms with Gasteiger partial charge in [0.25, 0.3) is 0 Å². The van der Waals surface area contributed by atoms with E-state index in [2.05, 4.69) is 15.3 Å². The van der Waals surface area contributed by atoms with Gasteiger partial charge in [-0.15, -0.1) is 0 Å². The van der Waals surface area contributed by atoms with Gasteiger partial charge in [-0.3, -0.25) is 0 Å². The molecular formula is C11H20N4. The highest BCUT2D eigenvalue weighted by Gasteiger charge is 2.14. The molecule has 1 aromatic rings. The van der Waals surface area contributed by atoms with Crippen LogP contribution in [-0.4, -0.2) is 16.5 Å². The number of nitrogens with zero attached hydrogens (tertiary/aromatic N) is 1. The van der Waals surface area contributed by atoms with Crippen molar-refractivity contribution in [1.29, 1.82) is 0 Å². The van der Waals surface area contributed by atoms with Crippen LogP contribution in [0.5, 0.6) is 0 Å². The van der Waals surface area contributed by atoms with E-state index >= 15 is 0 Å². The normalized spacial score (nSPS) is 17.1. The predicted octanol–water partition coefficient (Wildman–Crippen LogP) is 2.29. The van der Waals surface area contributed by atoms with Gasteiger partial charge in [-0.05, 0) is 19.3 Å². The molecule has 0 amide bonds. The molecule has 1 saturated carbocycles. The Kier molecular flexibility index (Phi) is 3.14. The van der Waals surface area contributed by atoms with Gasteiger partial charge < -0.3 is 16.0 Å². The molecule has 0 aliphatic heterocycles. The standard InChI is InChI=1S/C11H20N4/c1-8-14-10(12)11(15-8)13-7-6-9-4-2-3-5-9/h9,13H,2-7,12H2,1H3,(H,14,15). The van der Waals surface area contributed by atoms with Gasteiger partial charge in [0, 0.05) is 6.54 Å². The van der Waals surface area contributed by atoms with E-state index in [-0.39, 0.29) is 0 Å². The fraction of sp³-hybridized carbons (Fsp3) is 0.727. The number of H-pyrrole nitrogens is 1. The lowest BCUT2D eigenvalue weighted by Gasteiger charge is -2.09. The van der Waals surface area contributed by atoms with Gasteiger partial charge >= 0.3 is 0 Å². The van der Waals surface area contributed by atoms with E-state index in [1.807, 2.05) is 6.92 Å². The number of nitrogens with two attached hydrogens (primary N) is 1. The fourth-order valence-corrected chi connectivity index (χ4v) is 2.34. The quantitative estimate of drug-likeness (QED) is 0.711. The lowest BCUT2D eigenvalue weighted by atomic mass is 10.0. The molecular weight excluding hydrogens is 188 g/mol. The van der Waals surface area contributed by atoms with E-state index in [1.54, 1.807) is 0 Å². The zero-order valence-electron chi connectivity index (χ0n) is 9.34. The van der Waals surface area contributed by atoms with Gasteiger partial charge in [-0.25, -0.2) is 4.98 Å². The summed E-state index contributed by atoms with van der Waals surface area (Å²) >= 11 is 0. The maximum atomic E-state index is 5.76. The van der Waals surface area contributed by atoms with Crippen LogP contribution in [0.1, 0.15) is 37.9 Å². The lowest BCUT2D eigenvalue weighted by molar-refractivity contribution is 0.518. The Balaban J connectivity index is 1.75. The number of aromatic nitrogens is 2. The molecule has 1 aliphatic rings. The van der Waals surface area contributed by atoms with Crippen LogP contribution in [-0.2, 0) is 0 Å². The van der Waals surface area contributed by atoms with Gasteiger partial charge in [0.1, 0.15) is 11.6 Å². The third kappa shape index (κ3) is 2.64. The first kappa shape index (κ1) is 10.3. The van der Waals surface area contributed by atoms with E-state index in [9.17, 15) is 0 Å². The predicted molar refractivity (Wildman–Crippen MR) is 62.8 cm³/mol. The second-order valence-corrected chi connectivity index (χ2v) is 4.45. The summed E-state index contributed by atoms with van der Waals surface area (Å²) in [6.07, 6.45) is 6.86. The van der Waals surface area contributed by atoms with Crippen molar-refractivity contribution in [1.82, 2.24) is 9.97 Å². The second-order valence-electron chi connectivity index (χ2n) is 4.45. The molecule has 0 saturated heterocycles. The van der Waals surface area contributed by atoms with Gasteiger partial charge in [-0.1, -0.05) is 25.7 Å². The summed E-state index contributed by atoms with van der Waals surface area (Å²) < 4.78 is 0. The van der Waals surface area contributed by atoms with Crippen LogP contribution in [0.3, 0.4) is 0 Å². The van der Waals surface area contributed by atoms with Crippen LogP contribution in [0.15, 0.2) is 0 Å². The van der Waals surface area contributed by atoms with Crippen molar-refractivity contribution in [3.05, 3.63) is 5.82 Å². The Morgan fingerprint density at radius 2 is 2.20 bits per heavy atom. The Labute approximate surface area is 90.7 Å². The van der Waals surface area contributed by atoms with Crippen LogP contribution in [0.25, 0.3) is 0 Å². The molecule has 0 aromatic carbocycles. The summed E-state index contributed by atoms with van der Waals surface area (Å²) in [6, 6.07) is 0. The highest BCUT2D eigenvalue weighted by Crippen LogP contribution is 2.27. The molecule has 1 aliphatic carbocycles. The molecule has 4 N–H and O–H groups in total. The minimum atomic E-state index is 0.652. The van der Waals surface area contributed by atoms with E-state index < -0.39 is 0 Å². The van der Waals surface area contributed by atoms with Crippen molar-refractivity contribution in [2.24, 2.45) is 5.92 Å². The maximum absolute atomic E-state index is 5.76. The molecule has 84 valence electrons. The van der Waals surface area contributed by atoms with Crippen molar-refractivity contribution in [2.75, 3.05) is 17.6 Å². The topological polar surface area (TPSA) is 66.7 Å². The van der Waals surface area contributed by atoms with Crippen LogP contribution in [0, 0.1) is 12.8 Å². The monoisotopic (exact) mass is 208 g/mol. The zero-order chi connectivity index (χ0) is 10.7. The van der Waals surface area contributed by atoms with Crippen LogP contribution < -0.4 is 11.1 Å². The first-order valence-corrected chi connectivity index (χ1v) is 5.81. The smallest absolute Gasteiger partial charge is 0.168 e. The summed E-state index contributed by atoms with van der Waals surface area (Å²) in [7, 11) is 0. The zero-order valence-corrected chi connectivity index (χ0v) is 9.34. The van der Waals surface area contributed by atoms with Crippen molar-refractivity contribution in [3.63, 3.8) is 0 Å².